The Bertz CT molecular complexity index is 2890. The highest BCUT2D eigenvalue weighted by atomic mass is 16.3. The van der Waals surface area contributed by atoms with Gasteiger partial charge in [0.1, 0.15) is 11.2 Å². The van der Waals surface area contributed by atoms with E-state index < -0.39 is 0 Å². The highest BCUT2D eigenvalue weighted by molar-refractivity contribution is 6.14. The summed E-state index contributed by atoms with van der Waals surface area (Å²) in [5.74, 6) is 1.93. The van der Waals surface area contributed by atoms with E-state index in [2.05, 4.69) is 115 Å². The van der Waals surface area contributed by atoms with Gasteiger partial charge < -0.3 is 4.42 Å². The lowest BCUT2D eigenvalue weighted by molar-refractivity contribution is 0.669. The molecular weight excluding hydrogens is 599 g/mol. The molecule has 0 spiro atoms. The molecule has 4 nitrogen and oxygen atoms in total. The van der Waals surface area contributed by atoms with Gasteiger partial charge in [-0.2, -0.15) is 0 Å². The average molecular weight is 626 g/mol. The van der Waals surface area contributed by atoms with Gasteiger partial charge in [-0.1, -0.05) is 133 Å². The lowest BCUT2D eigenvalue weighted by Crippen LogP contribution is -2.00. The summed E-state index contributed by atoms with van der Waals surface area (Å²) in [4.78, 5) is 15.3. The van der Waals surface area contributed by atoms with Crippen LogP contribution in [0.25, 0.3) is 99.5 Å². The molecule has 0 atom stereocenters. The normalized spacial score (nSPS) is 11.7. The number of nitrogens with zero attached hydrogens (tertiary/aromatic N) is 3. The smallest absolute Gasteiger partial charge is 0.164 e. The van der Waals surface area contributed by atoms with E-state index in [9.17, 15) is 0 Å². The molecule has 0 bridgehead atoms. The number of rotatable bonds is 4. The fraction of sp³-hybridized carbons (Fsp3) is 0. The zero-order chi connectivity index (χ0) is 32.3. The van der Waals surface area contributed by atoms with Gasteiger partial charge in [-0.15, -0.1) is 0 Å². The molecular formula is C45H27N3O. The lowest BCUT2D eigenvalue weighted by Gasteiger charge is -2.13. The molecule has 0 saturated carbocycles. The maximum atomic E-state index is 6.20. The Labute approximate surface area is 282 Å². The fourth-order valence-electron chi connectivity index (χ4n) is 7.15. The van der Waals surface area contributed by atoms with Gasteiger partial charge >= 0.3 is 0 Å². The number of furan rings is 1. The third-order valence-electron chi connectivity index (χ3n) is 9.49. The van der Waals surface area contributed by atoms with Gasteiger partial charge in [-0.3, -0.25) is 0 Å². The Morgan fingerprint density at radius 2 is 0.959 bits per heavy atom. The Morgan fingerprint density at radius 3 is 1.82 bits per heavy atom. The Morgan fingerprint density at radius 1 is 0.327 bits per heavy atom. The first-order valence-corrected chi connectivity index (χ1v) is 16.4. The summed E-state index contributed by atoms with van der Waals surface area (Å²) >= 11 is 0. The van der Waals surface area contributed by atoms with E-state index in [1.54, 1.807) is 0 Å². The predicted molar refractivity (Wildman–Crippen MR) is 201 cm³/mol. The number of fused-ring (bicyclic) bond motifs is 7. The molecule has 228 valence electrons. The molecule has 0 amide bonds. The molecule has 0 radical (unpaired) electrons. The van der Waals surface area contributed by atoms with Crippen LogP contribution in [0.1, 0.15) is 0 Å². The summed E-state index contributed by atoms with van der Waals surface area (Å²) < 4.78 is 6.20. The molecule has 0 N–H and O–H groups in total. The first kappa shape index (κ1) is 27.5. The first-order chi connectivity index (χ1) is 24.3. The SMILES string of the molecule is c1ccc(-c2nc(-c3ccc4ccc(-c5cccc6oc7ccccc7c56)cc4c3)nc(-c3cc4ccccc4c4ccccc34)n2)cc1. The molecule has 0 aliphatic rings. The molecule has 2 heterocycles. The minimum atomic E-state index is 0.635. The van der Waals surface area contributed by atoms with Gasteiger partial charge in [0, 0.05) is 27.5 Å². The van der Waals surface area contributed by atoms with E-state index in [0.29, 0.717) is 17.5 Å². The van der Waals surface area contributed by atoms with Crippen LogP contribution in [0, 0.1) is 0 Å². The van der Waals surface area contributed by atoms with E-state index in [4.69, 9.17) is 19.4 Å². The van der Waals surface area contributed by atoms with Gasteiger partial charge in [-0.05, 0) is 73.8 Å². The first-order valence-electron chi connectivity index (χ1n) is 16.4. The number of hydrogen-bond donors (Lipinski definition) is 0. The molecule has 49 heavy (non-hydrogen) atoms. The number of hydrogen-bond acceptors (Lipinski definition) is 4. The van der Waals surface area contributed by atoms with E-state index >= 15 is 0 Å². The Balaban J connectivity index is 1.17. The second-order valence-corrected chi connectivity index (χ2v) is 12.4. The standard InChI is InChI=1S/C45H27N3O/c1-2-11-29(12-3-1)43-46-44(48-45(47-43)39-27-30-13-4-5-14-34(30)36-15-6-7-16-37(36)39)32-24-22-28-21-23-31(25-33(28)26-32)35-18-10-20-41-42(35)38-17-8-9-19-40(38)49-41/h1-27H. The van der Waals surface area contributed by atoms with E-state index in [0.717, 1.165) is 71.3 Å². The van der Waals surface area contributed by atoms with Crippen LogP contribution in [-0.4, -0.2) is 15.0 Å². The van der Waals surface area contributed by atoms with Crippen molar-refractivity contribution in [2.24, 2.45) is 0 Å². The van der Waals surface area contributed by atoms with Crippen molar-refractivity contribution in [3.63, 3.8) is 0 Å². The van der Waals surface area contributed by atoms with Crippen molar-refractivity contribution >= 4 is 54.3 Å². The zero-order valence-corrected chi connectivity index (χ0v) is 26.3. The minimum absolute atomic E-state index is 0.635. The minimum Gasteiger partial charge on any atom is -0.456 e. The van der Waals surface area contributed by atoms with Crippen molar-refractivity contribution < 1.29 is 4.42 Å². The molecule has 4 heteroatoms. The largest absolute Gasteiger partial charge is 0.456 e. The highest BCUT2D eigenvalue weighted by Crippen LogP contribution is 2.39. The molecule has 10 rings (SSSR count). The van der Waals surface area contributed by atoms with Crippen molar-refractivity contribution in [1.29, 1.82) is 0 Å². The summed E-state index contributed by atoms with van der Waals surface area (Å²) in [6, 6.07) is 57.0. The topological polar surface area (TPSA) is 51.8 Å². The highest BCUT2D eigenvalue weighted by Gasteiger charge is 2.17. The quantitative estimate of drug-likeness (QED) is 0.183. The van der Waals surface area contributed by atoms with Crippen LogP contribution in [-0.2, 0) is 0 Å². The fourth-order valence-corrected chi connectivity index (χ4v) is 7.15. The maximum Gasteiger partial charge on any atom is 0.164 e. The predicted octanol–water partition coefficient (Wildman–Crippen LogP) is 11.9. The number of aromatic nitrogens is 3. The third-order valence-corrected chi connectivity index (χ3v) is 9.49. The molecule has 0 saturated heterocycles. The summed E-state index contributed by atoms with van der Waals surface area (Å²) in [6.45, 7) is 0. The number of benzene rings is 8. The van der Waals surface area contributed by atoms with Crippen LogP contribution in [0.2, 0.25) is 0 Å². The van der Waals surface area contributed by atoms with Crippen LogP contribution < -0.4 is 0 Å². The van der Waals surface area contributed by atoms with Gasteiger partial charge in [0.2, 0.25) is 0 Å². The lowest BCUT2D eigenvalue weighted by atomic mass is 9.96. The van der Waals surface area contributed by atoms with Crippen molar-refractivity contribution in [2.75, 3.05) is 0 Å². The monoisotopic (exact) mass is 625 g/mol. The summed E-state index contributed by atoms with van der Waals surface area (Å²) in [6.07, 6.45) is 0. The van der Waals surface area contributed by atoms with Gasteiger partial charge in [0.15, 0.2) is 17.5 Å². The second-order valence-electron chi connectivity index (χ2n) is 12.4. The van der Waals surface area contributed by atoms with Crippen molar-refractivity contribution in [3.8, 4) is 45.3 Å². The van der Waals surface area contributed by atoms with Gasteiger partial charge in [0.25, 0.3) is 0 Å². The molecule has 10 aromatic rings. The van der Waals surface area contributed by atoms with Crippen LogP contribution in [0.3, 0.4) is 0 Å². The molecule has 8 aromatic carbocycles. The zero-order valence-electron chi connectivity index (χ0n) is 26.3. The Hall–Kier alpha value is -6.65. The molecule has 0 fully saturated rings. The van der Waals surface area contributed by atoms with Crippen LogP contribution in [0.15, 0.2) is 168 Å². The summed E-state index contributed by atoms with van der Waals surface area (Å²) in [7, 11) is 0. The Kier molecular flexibility index (Phi) is 6.15. The van der Waals surface area contributed by atoms with Crippen LogP contribution in [0.5, 0.6) is 0 Å². The van der Waals surface area contributed by atoms with Gasteiger partial charge in [-0.25, -0.2) is 15.0 Å². The third kappa shape index (κ3) is 4.57. The van der Waals surface area contributed by atoms with Crippen LogP contribution in [0.4, 0.5) is 0 Å². The maximum absolute atomic E-state index is 6.20. The summed E-state index contributed by atoms with van der Waals surface area (Å²) in [5.41, 5.74) is 6.92. The molecule has 0 unspecified atom stereocenters. The molecule has 2 aromatic heterocycles. The van der Waals surface area contributed by atoms with Crippen LogP contribution >= 0.6 is 0 Å². The average Bonchev–Trinajstić information content (AvgIpc) is 3.56. The molecule has 0 aliphatic carbocycles. The van der Waals surface area contributed by atoms with Crippen molar-refractivity contribution in [3.05, 3.63) is 164 Å². The van der Waals surface area contributed by atoms with E-state index in [1.165, 1.54) is 10.8 Å². The molecule has 0 aliphatic heterocycles. The number of para-hydroxylation sites is 1. The van der Waals surface area contributed by atoms with Crippen molar-refractivity contribution in [2.45, 2.75) is 0 Å². The second kappa shape index (κ2) is 11.0. The summed E-state index contributed by atoms with van der Waals surface area (Å²) in [5, 5.41) is 9.16. The van der Waals surface area contributed by atoms with Gasteiger partial charge in [0.05, 0.1) is 0 Å². The van der Waals surface area contributed by atoms with E-state index in [-0.39, 0.29) is 0 Å². The van der Waals surface area contributed by atoms with E-state index in [1.807, 2.05) is 48.5 Å². The van der Waals surface area contributed by atoms with Crippen molar-refractivity contribution in [1.82, 2.24) is 15.0 Å².